The minimum Gasteiger partial charge on any atom is -0.301 e. The van der Waals surface area contributed by atoms with Crippen LogP contribution < -0.4 is 0 Å². The summed E-state index contributed by atoms with van der Waals surface area (Å²) in [5.41, 5.74) is 1.93. The quantitative estimate of drug-likeness (QED) is 0.535. The summed E-state index contributed by atoms with van der Waals surface area (Å²) in [7, 11) is 0. The first-order chi connectivity index (χ1) is 8.91. The SMILES string of the molecule is C.C.C.CC(C)N1CCCC1.Cc1cc(C(C)C)ccc1F.[Y]. The van der Waals surface area contributed by atoms with Crippen LogP contribution in [0.15, 0.2) is 18.2 Å². The Morgan fingerprint density at radius 1 is 0.957 bits per heavy atom. The third kappa shape index (κ3) is 11.4. The molecule has 1 aromatic rings. The van der Waals surface area contributed by atoms with Crippen molar-refractivity contribution in [2.75, 3.05) is 13.1 Å². The fraction of sp³-hybridized carbons (Fsp3) is 0.700. The summed E-state index contributed by atoms with van der Waals surface area (Å²) in [6, 6.07) is 6.05. The van der Waals surface area contributed by atoms with Gasteiger partial charge in [-0.1, -0.05) is 48.3 Å². The van der Waals surface area contributed by atoms with E-state index in [0.717, 1.165) is 11.6 Å². The molecule has 2 rings (SSSR count). The minimum absolute atomic E-state index is 0. The van der Waals surface area contributed by atoms with Crippen LogP contribution in [0.2, 0.25) is 0 Å². The van der Waals surface area contributed by atoms with E-state index >= 15 is 0 Å². The molecule has 0 saturated carbocycles. The van der Waals surface area contributed by atoms with E-state index in [1.807, 2.05) is 12.1 Å². The Kier molecular flexibility index (Phi) is 21.2. The normalized spacial score (nSPS) is 13.0. The van der Waals surface area contributed by atoms with Gasteiger partial charge in [0.05, 0.1) is 0 Å². The van der Waals surface area contributed by atoms with Crippen molar-refractivity contribution in [1.82, 2.24) is 4.90 Å². The molecule has 1 radical (unpaired) electrons. The molecule has 0 N–H and O–H groups in total. The molecule has 1 aromatic carbocycles. The Morgan fingerprint density at radius 3 is 1.74 bits per heavy atom. The van der Waals surface area contributed by atoms with Crippen LogP contribution in [-0.4, -0.2) is 24.0 Å². The third-order valence-electron chi connectivity index (χ3n) is 3.72. The number of halogens is 1. The second kappa shape index (κ2) is 15.7. The summed E-state index contributed by atoms with van der Waals surface area (Å²) in [6.45, 7) is 13.2. The number of aryl methyl sites for hydroxylation is 1. The first-order valence-electron chi connectivity index (χ1n) is 7.42. The Hall–Kier alpha value is 0.214. The zero-order chi connectivity index (χ0) is 14.4. The number of hydrogen-bond donors (Lipinski definition) is 0. The fourth-order valence-corrected chi connectivity index (χ4v) is 2.28. The largest absolute Gasteiger partial charge is 0.301 e. The van der Waals surface area contributed by atoms with Crippen molar-refractivity contribution in [2.24, 2.45) is 0 Å². The predicted molar refractivity (Wildman–Crippen MR) is 101 cm³/mol. The number of rotatable bonds is 2. The van der Waals surface area contributed by atoms with Crippen molar-refractivity contribution in [3.8, 4) is 0 Å². The van der Waals surface area contributed by atoms with Gasteiger partial charge in [-0.2, -0.15) is 0 Å². The van der Waals surface area contributed by atoms with Crippen LogP contribution in [0.1, 0.15) is 79.9 Å². The van der Waals surface area contributed by atoms with Crippen molar-refractivity contribution in [2.45, 2.75) is 81.7 Å². The molecule has 3 heteroatoms. The molecule has 0 atom stereocenters. The molecule has 1 heterocycles. The van der Waals surface area contributed by atoms with E-state index in [4.69, 9.17) is 0 Å². The summed E-state index contributed by atoms with van der Waals surface area (Å²) < 4.78 is 12.8. The van der Waals surface area contributed by atoms with E-state index < -0.39 is 0 Å². The molecule has 1 nitrogen and oxygen atoms in total. The van der Waals surface area contributed by atoms with Gasteiger partial charge in [-0.25, -0.2) is 4.39 Å². The summed E-state index contributed by atoms with van der Waals surface area (Å²) in [5.74, 6) is 0.365. The molecule has 0 amide bonds. The number of benzene rings is 1. The second-order valence-electron chi connectivity index (χ2n) is 6.00. The van der Waals surface area contributed by atoms with Gasteiger partial charge in [0.1, 0.15) is 5.82 Å². The van der Waals surface area contributed by atoms with Crippen LogP contribution in [0.4, 0.5) is 4.39 Å². The van der Waals surface area contributed by atoms with Crippen LogP contribution in [0, 0.1) is 12.7 Å². The zero-order valence-electron chi connectivity index (χ0n) is 13.6. The van der Waals surface area contributed by atoms with E-state index in [0.29, 0.717) is 5.92 Å². The Labute approximate surface area is 171 Å². The molecule has 0 spiro atoms. The smallest absolute Gasteiger partial charge is 0.126 e. The molecule has 0 aromatic heterocycles. The summed E-state index contributed by atoms with van der Waals surface area (Å²) in [6.07, 6.45) is 2.83. The first kappa shape index (κ1) is 31.0. The fourth-order valence-electron chi connectivity index (χ4n) is 2.28. The van der Waals surface area contributed by atoms with Gasteiger partial charge < -0.3 is 4.90 Å². The van der Waals surface area contributed by atoms with Crippen LogP contribution in [-0.2, 0) is 32.7 Å². The molecule has 1 saturated heterocycles. The number of hydrogen-bond acceptors (Lipinski definition) is 1. The van der Waals surface area contributed by atoms with Crippen LogP contribution >= 0.6 is 0 Å². The molecule has 1 aliphatic rings. The molecule has 0 aliphatic carbocycles. The topological polar surface area (TPSA) is 3.24 Å². The molecule has 1 aliphatic heterocycles. The van der Waals surface area contributed by atoms with E-state index in [1.165, 1.54) is 37.6 Å². The van der Waals surface area contributed by atoms with Gasteiger partial charge in [0.2, 0.25) is 0 Å². The summed E-state index contributed by atoms with van der Waals surface area (Å²) in [4.78, 5) is 2.53. The van der Waals surface area contributed by atoms with Crippen molar-refractivity contribution in [3.05, 3.63) is 35.1 Å². The number of likely N-dealkylation sites (tertiary alicyclic amines) is 1. The molecule has 0 unspecified atom stereocenters. The number of nitrogens with zero attached hydrogens (tertiary/aromatic N) is 1. The maximum Gasteiger partial charge on any atom is 0.126 e. The van der Waals surface area contributed by atoms with Gasteiger partial charge in [0.15, 0.2) is 0 Å². The van der Waals surface area contributed by atoms with Crippen molar-refractivity contribution in [1.29, 1.82) is 0 Å². The van der Waals surface area contributed by atoms with Crippen molar-refractivity contribution < 1.29 is 37.1 Å². The van der Waals surface area contributed by atoms with Crippen molar-refractivity contribution >= 4 is 0 Å². The Morgan fingerprint density at radius 2 is 1.43 bits per heavy atom. The van der Waals surface area contributed by atoms with E-state index in [-0.39, 0.29) is 60.8 Å². The maximum atomic E-state index is 12.8. The van der Waals surface area contributed by atoms with Gasteiger partial charge in [0.25, 0.3) is 0 Å². The van der Waals surface area contributed by atoms with Gasteiger partial charge in [-0.05, 0) is 69.8 Å². The monoisotopic (exact) mass is 402 g/mol. The molecule has 1 fully saturated rings. The Balaban J connectivity index is -0.000000138. The second-order valence-corrected chi connectivity index (χ2v) is 6.00. The summed E-state index contributed by atoms with van der Waals surface area (Å²) >= 11 is 0. The molecule has 23 heavy (non-hydrogen) atoms. The summed E-state index contributed by atoms with van der Waals surface area (Å²) in [5, 5.41) is 0. The maximum absolute atomic E-state index is 12.8. The van der Waals surface area contributed by atoms with E-state index in [2.05, 4.69) is 32.6 Å². The molecule has 135 valence electrons. The van der Waals surface area contributed by atoms with Gasteiger partial charge in [0, 0.05) is 38.8 Å². The van der Waals surface area contributed by atoms with E-state index in [1.54, 1.807) is 6.92 Å². The molecule has 0 bridgehead atoms. The average molecular weight is 402 g/mol. The van der Waals surface area contributed by atoms with Crippen LogP contribution in [0.3, 0.4) is 0 Å². The standard InChI is InChI=1S/C10H13F.C7H15N.3CH4.Y/c1-7(2)9-4-5-10(11)8(3)6-9;1-7(2)8-5-3-4-6-8;;;;/h4-7H,1-3H3;7H,3-6H2,1-2H3;3*1H4;. The predicted octanol–water partition coefficient (Wildman–Crippen LogP) is 6.65. The zero-order valence-corrected chi connectivity index (χ0v) is 16.5. The van der Waals surface area contributed by atoms with E-state index in [9.17, 15) is 4.39 Å². The molecular formula is C20H40FNY. The van der Waals surface area contributed by atoms with Gasteiger partial charge >= 0.3 is 0 Å². The third-order valence-corrected chi connectivity index (χ3v) is 3.72. The Bertz CT molecular complexity index is 385. The minimum atomic E-state index is -0.116. The van der Waals surface area contributed by atoms with Crippen LogP contribution in [0.5, 0.6) is 0 Å². The van der Waals surface area contributed by atoms with Gasteiger partial charge in [-0.15, -0.1) is 0 Å². The molecular weight excluding hydrogens is 362 g/mol. The average Bonchev–Trinajstić information content (AvgIpc) is 2.87. The van der Waals surface area contributed by atoms with Crippen molar-refractivity contribution in [3.63, 3.8) is 0 Å². The van der Waals surface area contributed by atoms with Gasteiger partial charge in [-0.3, -0.25) is 0 Å². The van der Waals surface area contributed by atoms with Crippen LogP contribution in [0.25, 0.3) is 0 Å². The first-order valence-corrected chi connectivity index (χ1v) is 7.42.